The fourth-order valence-corrected chi connectivity index (χ4v) is 3.21. The zero-order valence-corrected chi connectivity index (χ0v) is 13.7. The SMILES string of the molecule is C=C(C)C1(C)C(OC)C1(C)N=C(C)/C=C/c1ccccc1. The van der Waals surface area contributed by atoms with E-state index >= 15 is 0 Å². The molecule has 3 unspecified atom stereocenters. The molecule has 2 heteroatoms. The van der Waals surface area contributed by atoms with Crippen molar-refractivity contribution in [2.45, 2.75) is 39.3 Å². The van der Waals surface area contributed by atoms with Gasteiger partial charge in [0.05, 0.1) is 11.6 Å². The van der Waals surface area contributed by atoms with Crippen LogP contribution in [0, 0.1) is 5.41 Å². The summed E-state index contributed by atoms with van der Waals surface area (Å²) in [4.78, 5) is 4.91. The summed E-state index contributed by atoms with van der Waals surface area (Å²) in [6, 6.07) is 10.3. The first-order valence-corrected chi connectivity index (χ1v) is 7.34. The molecule has 0 spiro atoms. The summed E-state index contributed by atoms with van der Waals surface area (Å²) >= 11 is 0. The van der Waals surface area contributed by atoms with Crippen molar-refractivity contribution in [3.8, 4) is 0 Å². The van der Waals surface area contributed by atoms with Gasteiger partial charge < -0.3 is 4.74 Å². The van der Waals surface area contributed by atoms with E-state index in [4.69, 9.17) is 9.73 Å². The van der Waals surface area contributed by atoms with Gasteiger partial charge in [0.15, 0.2) is 0 Å². The van der Waals surface area contributed by atoms with Crippen LogP contribution >= 0.6 is 0 Å². The summed E-state index contributed by atoms with van der Waals surface area (Å²) in [5.74, 6) is 0. The number of hydrogen-bond acceptors (Lipinski definition) is 2. The third kappa shape index (κ3) is 2.60. The lowest BCUT2D eigenvalue weighted by molar-refractivity contribution is 0.149. The van der Waals surface area contributed by atoms with Crippen molar-refractivity contribution in [3.63, 3.8) is 0 Å². The van der Waals surface area contributed by atoms with Gasteiger partial charge in [-0.15, -0.1) is 0 Å². The highest BCUT2D eigenvalue weighted by atomic mass is 16.5. The van der Waals surface area contributed by atoms with Crippen molar-refractivity contribution in [2.24, 2.45) is 10.4 Å². The van der Waals surface area contributed by atoms with Gasteiger partial charge in [0.25, 0.3) is 0 Å². The molecule has 3 atom stereocenters. The molecule has 0 bridgehead atoms. The minimum Gasteiger partial charge on any atom is -0.378 e. The van der Waals surface area contributed by atoms with Gasteiger partial charge in [0.1, 0.15) is 0 Å². The zero-order chi connectivity index (χ0) is 15.7. The van der Waals surface area contributed by atoms with Crippen LogP contribution < -0.4 is 0 Å². The van der Waals surface area contributed by atoms with E-state index in [1.165, 1.54) is 5.56 Å². The van der Waals surface area contributed by atoms with E-state index in [9.17, 15) is 0 Å². The molecule has 1 aliphatic carbocycles. The maximum Gasteiger partial charge on any atom is 0.0968 e. The van der Waals surface area contributed by atoms with Crippen LogP contribution in [0.4, 0.5) is 0 Å². The first-order valence-electron chi connectivity index (χ1n) is 7.34. The summed E-state index contributed by atoms with van der Waals surface area (Å²) in [6.45, 7) is 12.5. The lowest BCUT2D eigenvalue weighted by Crippen LogP contribution is -2.14. The van der Waals surface area contributed by atoms with E-state index in [0.717, 1.165) is 11.3 Å². The van der Waals surface area contributed by atoms with Crippen LogP contribution in [0.2, 0.25) is 0 Å². The van der Waals surface area contributed by atoms with E-state index in [1.54, 1.807) is 7.11 Å². The van der Waals surface area contributed by atoms with Crippen LogP contribution in [0.5, 0.6) is 0 Å². The van der Waals surface area contributed by atoms with Crippen molar-refractivity contribution in [1.82, 2.24) is 0 Å². The number of rotatable bonds is 5. The Bertz CT molecular complexity index is 587. The number of aliphatic imine (C=N–C) groups is 1. The van der Waals surface area contributed by atoms with E-state index < -0.39 is 0 Å². The molecule has 0 aliphatic heterocycles. The second-order valence-corrected chi connectivity index (χ2v) is 6.24. The summed E-state index contributed by atoms with van der Waals surface area (Å²) in [6.07, 6.45) is 4.25. The number of allylic oxidation sites excluding steroid dienone is 1. The van der Waals surface area contributed by atoms with Crippen molar-refractivity contribution in [2.75, 3.05) is 7.11 Å². The largest absolute Gasteiger partial charge is 0.378 e. The molecule has 2 rings (SSSR count). The predicted molar refractivity (Wildman–Crippen MR) is 90.7 cm³/mol. The van der Waals surface area contributed by atoms with E-state index in [-0.39, 0.29) is 17.1 Å². The smallest absolute Gasteiger partial charge is 0.0968 e. The second-order valence-electron chi connectivity index (χ2n) is 6.24. The first kappa shape index (κ1) is 15.7. The van der Waals surface area contributed by atoms with Crippen LogP contribution in [-0.2, 0) is 4.74 Å². The van der Waals surface area contributed by atoms with Gasteiger partial charge in [-0.05, 0) is 32.4 Å². The topological polar surface area (TPSA) is 21.6 Å². The molecular formula is C19H25NO. The Morgan fingerprint density at radius 1 is 1.24 bits per heavy atom. The zero-order valence-electron chi connectivity index (χ0n) is 13.7. The summed E-state index contributed by atoms with van der Waals surface area (Å²) < 4.78 is 5.63. The second kappa shape index (κ2) is 5.61. The van der Waals surface area contributed by atoms with Gasteiger partial charge >= 0.3 is 0 Å². The standard InChI is InChI=1S/C19H25NO/c1-14(2)18(4)17(21-6)19(18,5)20-15(3)12-13-16-10-8-7-9-11-16/h7-13,17H,1H2,2-6H3/b13-12+,20-15?. The van der Waals surface area contributed by atoms with Crippen LogP contribution in [0.15, 0.2) is 53.6 Å². The predicted octanol–water partition coefficient (Wildman–Crippen LogP) is 4.53. The molecule has 1 aliphatic rings. The van der Waals surface area contributed by atoms with E-state index in [2.05, 4.69) is 51.6 Å². The molecule has 0 aromatic heterocycles. The van der Waals surface area contributed by atoms with Gasteiger partial charge in [-0.2, -0.15) is 0 Å². The molecule has 2 nitrogen and oxygen atoms in total. The number of benzene rings is 1. The van der Waals surface area contributed by atoms with E-state index in [0.29, 0.717) is 0 Å². The Balaban J connectivity index is 2.19. The van der Waals surface area contributed by atoms with Crippen LogP contribution in [0.25, 0.3) is 6.08 Å². The molecule has 0 heterocycles. The average Bonchev–Trinajstić information content (AvgIpc) is 2.94. The Kier molecular flexibility index (Phi) is 4.20. The van der Waals surface area contributed by atoms with Crippen molar-refractivity contribution in [1.29, 1.82) is 0 Å². The third-order valence-electron chi connectivity index (χ3n) is 4.85. The minimum absolute atomic E-state index is 0.0798. The van der Waals surface area contributed by atoms with Gasteiger partial charge in [-0.25, -0.2) is 0 Å². The third-order valence-corrected chi connectivity index (χ3v) is 4.85. The van der Waals surface area contributed by atoms with Crippen molar-refractivity contribution < 1.29 is 4.74 Å². The molecule has 1 saturated carbocycles. The number of methoxy groups -OCH3 is 1. The Morgan fingerprint density at radius 2 is 1.86 bits per heavy atom. The van der Waals surface area contributed by atoms with Crippen molar-refractivity contribution >= 4 is 11.8 Å². The van der Waals surface area contributed by atoms with Gasteiger partial charge in [-0.3, -0.25) is 4.99 Å². The highest BCUT2D eigenvalue weighted by Crippen LogP contribution is 2.64. The van der Waals surface area contributed by atoms with Crippen LogP contribution in [-0.4, -0.2) is 24.5 Å². The number of ether oxygens (including phenoxy) is 1. The molecule has 0 amide bonds. The maximum absolute atomic E-state index is 5.63. The molecule has 1 aromatic carbocycles. The molecule has 0 N–H and O–H groups in total. The Morgan fingerprint density at radius 3 is 2.33 bits per heavy atom. The molecule has 0 saturated heterocycles. The monoisotopic (exact) mass is 283 g/mol. The normalized spacial score (nSPS) is 32.4. The molecule has 21 heavy (non-hydrogen) atoms. The van der Waals surface area contributed by atoms with Gasteiger partial charge in [0, 0.05) is 18.2 Å². The Labute approximate surface area is 128 Å². The quantitative estimate of drug-likeness (QED) is 0.574. The van der Waals surface area contributed by atoms with Gasteiger partial charge in [0.2, 0.25) is 0 Å². The fraction of sp³-hybridized carbons (Fsp3) is 0.421. The Hall–Kier alpha value is -1.67. The highest BCUT2D eigenvalue weighted by molar-refractivity contribution is 5.97. The summed E-state index contributed by atoms with van der Waals surface area (Å²) in [7, 11) is 1.75. The molecular weight excluding hydrogens is 258 g/mol. The molecule has 1 aromatic rings. The number of nitrogens with zero attached hydrogens (tertiary/aromatic N) is 1. The summed E-state index contributed by atoms with van der Waals surface area (Å²) in [5.41, 5.74) is 3.01. The van der Waals surface area contributed by atoms with Crippen LogP contribution in [0.3, 0.4) is 0 Å². The average molecular weight is 283 g/mol. The molecule has 0 radical (unpaired) electrons. The van der Waals surface area contributed by atoms with Crippen molar-refractivity contribution in [3.05, 3.63) is 54.1 Å². The van der Waals surface area contributed by atoms with E-state index in [1.807, 2.05) is 25.1 Å². The first-order chi connectivity index (χ1) is 9.86. The summed E-state index contributed by atoms with van der Waals surface area (Å²) in [5, 5.41) is 0. The highest BCUT2D eigenvalue weighted by Gasteiger charge is 2.73. The molecule has 112 valence electrons. The number of hydrogen-bond donors (Lipinski definition) is 0. The lowest BCUT2D eigenvalue weighted by Gasteiger charge is -2.14. The van der Waals surface area contributed by atoms with Gasteiger partial charge in [-0.1, -0.05) is 55.5 Å². The fourth-order valence-electron chi connectivity index (χ4n) is 3.21. The maximum atomic E-state index is 5.63. The molecule has 1 fully saturated rings. The lowest BCUT2D eigenvalue weighted by atomic mass is 9.95. The minimum atomic E-state index is -0.224. The van der Waals surface area contributed by atoms with Crippen LogP contribution in [0.1, 0.15) is 33.3 Å².